The number of Topliss-reactive ketones (excluding diaryl/α,β-unsaturated/α-hetero) is 1. The highest BCUT2D eigenvalue weighted by atomic mass is 32.2. The fraction of sp³-hybridized carbons (Fsp3) is 0.533. The van der Waals surface area contributed by atoms with E-state index in [0.29, 0.717) is 12.0 Å². The predicted molar refractivity (Wildman–Crippen MR) is 80.3 cm³/mol. The molecule has 0 amide bonds. The van der Waals surface area contributed by atoms with Gasteiger partial charge in [-0.2, -0.15) is 0 Å². The molecule has 1 atom stereocenters. The van der Waals surface area contributed by atoms with Crippen LogP contribution in [0.1, 0.15) is 51.4 Å². The molecule has 0 bridgehead atoms. The summed E-state index contributed by atoms with van der Waals surface area (Å²) in [5.74, 6) is -0.0640. The first kappa shape index (κ1) is 16.9. The summed E-state index contributed by atoms with van der Waals surface area (Å²) < 4.78 is 27.3. The quantitative estimate of drug-likeness (QED) is 0.850. The van der Waals surface area contributed by atoms with Crippen molar-refractivity contribution in [1.29, 1.82) is 0 Å². The number of sulfonamides is 1. The van der Waals surface area contributed by atoms with Gasteiger partial charge in [0.2, 0.25) is 10.0 Å². The van der Waals surface area contributed by atoms with Gasteiger partial charge >= 0.3 is 0 Å². The second-order valence-electron chi connectivity index (χ2n) is 6.01. The molecule has 20 heavy (non-hydrogen) atoms. The first-order chi connectivity index (χ1) is 9.08. The Bertz CT molecular complexity index is 585. The number of carbonyl (C=O) groups excluding carboxylic acids is 1. The molecule has 1 aromatic carbocycles. The van der Waals surface area contributed by atoms with Crippen molar-refractivity contribution in [3.8, 4) is 0 Å². The molecule has 0 fully saturated rings. The van der Waals surface area contributed by atoms with E-state index in [1.807, 2.05) is 27.7 Å². The summed E-state index contributed by atoms with van der Waals surface area (Å²) in [5, 5.41) is 0. The van der Waals surface area contributed by atoms with Crippen LogP contribution < -0.4 is 4.72 Å². The number of rotatable bonds is 5. The molecule has 0 saturated carbocycles. The van der Waals surface area contributed by atoms with Gasteiger partial charge in [-0.25, -0.2) is 13.1 Å². The van der Waals surface area contributed by atoms with Gasteiger partial charge in [0.15, 0.2) is 5.78 Å². The first-order valence-electron chi connectivity index (χ1n) is 6.73. The van der Waals surface area contributed by atoms with Crippen LogP contribution in [0.2, 0.25) is 0 Å². The second kappa shape index (κ2) is 6.06. The van der Waals surface area contributed by atoms with Gasteiger partial charge in [-0.05, 0) is 24.5 Å². The Balaban J connectivity index is 3.08. The molecule has 5 heteroatoms. The van der Waals surface area contributed by atoms with Crippen LogP contribution in [0, 0.1) is 5.41 Å². The van der Waals surface area contributed by atoms with Gasteiger partial charge in [0.1, 0.15) is 0 Å². The lowest BCUT2D eigenvalue weighted by molar-refractivity contribution is 0.0988. The lowest BCUT2D eigenvalue weighted by atomic mass is 9.89. The summed E-state index contributed by atoms with van der Waals surface area (Å²) in [6.45, 7) is 9.49. The molecular formula is C15H23NO3S. The molecule has 0 saturated heterocycles. The Morgan fingerprint density at radius 2 is 1.90 bits per heavy atom. The Hall–Kier alpha value is -1.20. The van der Waals surface area contributed by atoms with Crippen molar-refractivity contribution < 1.29 is 13.2 Å². The van der Waals surface area contributed by atoms with E-state index >= 15 is 0 Å². The Kier molecular flexibility index (Phi) is 5.10. The van der Waals surface area contributed by atoms with Crippen LogP contribution in [0.5, 0.6) is 0 Å². The van der Waals surface area contributed by atoms with Crippen LogP contribution in [0.4, 0.5) is 0 Å². The summed E-state index contributed by atoms with van der Waals surface area (Å²) in [4.78, 5) is 11.8. The molecule has 4 nitrogen and oxygen atoms in total. The lowest BCUT2D eigenvalue weighted by Crippen LogP contribution is -2.41. The molecule has 0 aliphatic heterocycles. The number of hydrogen-bond acceptors (Lipinski definition) is 3. The monoisotopic (exact) mass is 297 g/mol. The molecule has 0 heterocycles. The molecule has 0 aliphatic rings. The van der Waals surface area contributed by atoms with E-state index in [1.54, 1.807) is 19.1 Å². The van der Waals surface area contributed by atoms with E-state index in [-0.39, 0.29) is 22.1 Å². The summed E-state index contributed by atoms with van der Waals surface area (Å²) in [5.41, 5.74) is 0.253. The third-order valence-corrected chi connectivity index (χ3v) is 4.96. The number of hydrogen-bond donors (Lipinski definition) is 1. The summed E-state index contributed by atoms with van der Waals surface area (Å²) in [7, 11) is -3.61. The van der Waals surface area contributed by atoms with E-state index in [0.717, 1.165) is 0 Å². The lowest BCUT2D eigenvalue weighted by Gasteiger charge is -2.27. The number of nitrogens with one attached hydrogen (secondary N) is 1. The molecule has 112 valence electrons. The normalized spacial score (nSPS) is 14.1. The van der Waals surface area contributed by atoms with Gasteiger partial charge in [0.25, 0.3) is 0 Å². The van der Waals surface area contributed by atoms with Crippen molar-refractivity contribution >= 4 is 15.8 Å². The Morgan fingerprint density at radius 1 is 1.30 bits per heavy atom. The van der Waals surface area contributed by atoms with Crippen LogP contribution in [0.15, 0.2) is 29.2 Å². The third kappa shape index (κ3) is 4.15. The van der Waals surface area contributed by atoms with Crippen molar-refractivity contribution in [2.45, 2.75) is 52.0 Å². The van der Waals surface area contributed by atoms with Crippen molar-refractivity contribution in [2.75, 3.05) is 0 Å². The minimum Gasteiger partial charge on any atom is -0.294 e. The van der Waals surface area contributed by atoms with E-state index in [4.69, 9.17) is 0 Å². The maximum atomic E-state index is 12.3. The maximum absolute atomic E-state index is 12.3. The average Bonchev–Trinajstić information content (AvgIpc) is 2.36. The second-order valence-corrected chi connectivity index (χ2v) is 7.73. The average molecular weight is 297 g/mol. The smallest absolute Gasteiger partial charge is 0.240 e. The van der Waals surface area contributed by atoms with Crippen LogP contribution in [-0.4, -0.2) is 20.2 Å². The highest BCUT2D eigenvalue weighted by Gasteiger charge is 2.26. The minimum absolute atomic E-state index is 0.0640. The zero-order chi connectivity index (χ0) is 15.6. The summed E-state index contributed by atoms with van der Waals surface area (Å²) >= 11 is 0. The van der Waals surface area contributed by atoms with Crippen LogP contribution in [-0.2, 0) is 10.0 Å². The SMILES string of the molecule is CCC(=O)c1cccc(S(=O)(=O)NC(C)C(C)(C)C)c1. The first-order valence-corrected chi connectivity index (χ1v) is 8.22. The molecule has 0 radical (unpaired) electrons. The molecule has 1 aromatic rings. The number of benzene rings is 1. The van der Waals surface area contributed by atoms with Gasteiger partial charge in [0.05, 0.1) is 4.90 Å². The highest BCUT2D eigenvalue weighted by Crippen LogP contribution is 2.21. The zero-order valence-corrected chi connectivity index (χ0v) is 13.5. The number of carbonyl (C=O) groups is 1. The largest absolute Gasteiger partial charge is 0.294 e. The topological polar surface area (TPSA) is 63.2 Å². The number of ketones is 1. The van der Waals surface area contributed by atoms with E-state index in [1.165, 1.54) is 12.1 Å². The Morgan fingerprint density at radius 3 is 2.40 bits per heavy atom. The maximum Gasteiger partial charge on any atom is 0.240 e. The van der Waals surface area contributed by atoms with Gasteiger partial charge < -0.3 is 0 Å². The summed E-state index contributed by atoms with van der Waals surface area (Å²) in [6, 6.07) is 5.96. The van der Waals surface area contributed by atoms with Gasteiger partial charge in [-0.3, -0.25) is 4.79 Å². The van der Waals surface area contributed by atoms with Crippen molar-refractivity contribution in [3.63, 3.8) is 0 Å². The van der Waals surface area contributed by atoms with Crippen LogP contribution >= 0.6 is 0 Å². The van der Waals surface area contributed by atoms with E-state index < -0.39 is 10.0 Å². The van der Waals surface area contributed by atoms with Gasteiger partial charge in [-0.1, -0.05) is 39.8 Å². The molecule has 0 spiro atoms. The fourth-order valence-corrected chi connectivity index (χ4v) is 3.01. The summed E-state index contributed by atoms with van der Waals surface area (Å²) in [6.07, 6.45) is 0.356. The van der Waals surface area contributed by atoms with E-state index in [9.17, 15) is 13.2 Å². The third-order valence-electron chi connectivity index (χ3n) is 3.42. The van der Waals surface area contributed by atoms with Gasteiger partial charge in [0, 0.05) is 18.0 Å². The minimum atomic E-state index is -3.61. The molecule has 1 rings (SSSR count). The molecule has 0 aromatic heterocycles. The molecule has 1 unspecified atom stereocenters. The van der Waals surface area contributed by atoms with Gasteiger partial charge in [-0.15, -0.1) is 0 Å². The predicted octanol–water partition coefficient (Wildman–Crippen LogP) is 2.99. The highest BCUT2D eigenvalue weighted by molar-refractivity contribution is 7.89. The zero-order valence-electron chi connectivity index (χ0n) is 12.7. The van der Waals surface area contributed by atoms with E-state index in [2.05, 4.69) is 4.72 Å². The van der Waals surface area contributed by atoms with Crippen LogP contribution in [0.25, 0.3) is 0 Å². The molecule has 1 N–H and O–H groups in total. The standard InChI is InChI=1S/C15H23NO3S/c1-6-14(17)12-8-7-9-13(10-12)20(18,19)16-11(2)15(3,4)5/h7-11,16H,6H2,1-5H3. The van der Waals surface area contributed by atoms with Crippen molar-refractivity contribution in [1.82, 2.24) is 4.72 Å². The van der Waals surface area contributed by atoms with Crippen molar-refractivity contribution in [2.24, 2.45) is 5.41 Å². The van der Waals surface area contributed by atoms with Crippen molar-refractivity contribution in [3.05, 3.63) is 29.8 Å². The molecular weight excluding hydrogens is 274 g/mol. The Labute approximate surface area is 121 Å². The molecule has 0 aliphatic carbocycles. The van der Waals surface area contributed by atoms with Crippen LogP contribution in [0.3, 0.4) is 0 Å². The fourth-order valence-electron chi connectivity index (χ4n) is 1.52.